The van der Waals surface area contributed by atoms with Crippen LogP contribution in [0.4, 0.5) is 0 Å². The number of carbonyl (C=O) groups is 1. The first kappa shape index (κ1) is 15.0. The van der Waals surface area contributed by atoms with E-state index in [-0.39, 0.29) is 5.92 Å². The standard InChI is InChI=1S/C14H26BrNO/c1-4-6-7-12(5-2)14(17)16-9-8-13(15)11(3)10-16/h11-13H,4-10H2,1-3H3. The fraction of sp³-hybridized carbons (Fsp3) is 0.929. The molecule has 0 radical (unpaired) electrons. The van der Waals surface area contributed by atoms with Crippen molar-refractivity contribution in [2.24, 2.45) is 11.8 Å². The average molecular weight is 304 g/mol. The van der Waals surface area contributed by atoms with Gasteiger partial charge < -0.3 is 4.90 Å². The van der Waals surface area contributed by atoms with Crippen molar-refractivity contribution in [3.05, 3.63) is 0 Å². The summed E-state index contributed by atoms with van der Waals surface area (Å²) >= 11 is 3.69. The molecule has 1 aliphatic heterocycles. The molecular formula is C14H26BrNO. The molecule has 1 amide bonds. The van der Waals surface area contributed by atoms with Crippen molar-refractivity contribution in [1.82, 2.24) is 4.90 Å². The number of piperidine rings is 1. The predicted molar refractivity (Wildman–Crippen MR) is 76.4 cm³/mol. The summed E-state index contributed by atoms with van der Waals surface area (Å²) in [5.74, 6) is 1.23. The van der Waals surface area contributed by atoms with Crippen LogP contribution in [0.3, 0.4) is 0 Å². The highest BCUT2D eigenvalue weighted by atomic mass is 79.9. The Morgan fingerprint density at radius 1 is 1.47 bits per heavy atom. The molecule has 1 fully saturated rings. The smallest absolute Gasteiger partial charge is 0.225 e. The fourth-order valence-electron chi connectivity index (χ4n) is 2.53. The molecule has 0 saturated carbocycles. The zero-order valence-electron chi connectivity index (χ0n) is 11.4. The molecule has 2 nitrogen and oxygen atoms in total. The highest BCUT2D eigenvalue weighted by molar-refractivity contribution is 9.09. The molecule has 0 bridgehead atoms. The number of amides is 1. The molecule has 3 atom stereocenters. The van der Waals surface area contributed by atoms with Crippen LogP contribution in [0.25, 0.3) is 0 Å². The van der Waals surface area contributed by atoms with Crippen LogP contribution in [0.5, 0.6) is 0 Å². The second-order valence-corrected chi connectivity index (χ2v) is 6.49. The SMILES string of the molecule is CCCCC(CC)C(=O)N1CCC(Br)C(C)C1. The van der Waals surface area contributed by atoms with Gasteiger partial charge in [0.25, 0.3) is 0 Å². The van der Waals surface area contributed by atoms with E-state index in [0.717, 1.165) is 32.4 Å². The molecule has 3 heteroatoms. The Kier molecular flexibility index (Phi) is 6.53. The van der Waals surface area contributed by atoms with Crippen LogP contribution < -0.4 is 0 Å². The molecule has 1 rings (SSSR count). The molecule has 0 aliphatic carbocycles. The molecule has 0 aromatic carbocycles. The van der Waals surface area contributed by atoms with E-state index in [4.69, 9.17) is 0 Å². The topological polar surface area (TPSA) is 20.3 Å². The number of rotatable bonds is 5. The second kappa shape index (κ2) is 7.40. The Morgan fingerprint density at radius 2 is 2.18 bits per heavy atom. The zero-order chi connectivity index (χ0) is 12.8. The average Bonchev–Trinajstić information content (AvgIpc) is 2.33. The van der Waals surface area contributed by atoms with Gasteiger partial charge in [-0.05, 0) is 25.2 Å². The second-order valence-electron chi connectivity index (χ2n) is 5.31. The van der Waals surface area contributed by atoms with Gasteiger partial charge >= 0.3 is 0 Å². The molecule has 1 aliphatic rings. The van der Waals surface area contributed by atoms with Crippen LogP contribution in [0.2, 0.25) is 0 Å². The van der Waals surface area contributed by atoms with Crippen LogP contribution >= 0.6 is 15.9 Å². The first-order chi connectivity index (χ1) is 8.10. The molecule has 1 heterocycles. The molecule has 0 N–H and O–H groups in total. The number of unbranched alkanes of at least 4 members (excludes halogenated alkanes) is 1. The highest BCUT2D eigenvalue weighted by Crippen LogP contribution is 2.26. The lowest BCUT2D eigenvalue weighted by Crippen LogP contribution is -2.45. The van der Waals surface area contributed by atoms with Crippen molar-refractivity contribution < 1.29 is 4.79 Å². The molecule has 100 valence electrons. The van der Waals surface area contributed by atoms with E-state index in [9.17, 15) is 4.79 Å². The molecule has 17 heavy (non-hydrogen) atoms. The van der Waals surface area contributed by atoms with Gasteiger partial charge in [-0.1, -0.05) is 49.5 Å². The van der Waals surface area contributed by atoms with Gasteiger partial charge in [0.2, 0.25) is 5.91 Å². The summed E-state index contributed by atoms with van der Waals surface area (Å²) in [6.07, 6.45) is 5.51. The van der Waals surface area contributed by atoms with Crippen LogP contribution in [-0.4, -0.2) is 28.7 Å². The molecule has 0 spiro atoms. The lowest BCUT2D eigenvalue weighted by molar-refractivity contribution is -0.137. The predicted octanol–water partition coefficient (Wildman–Crippen LogP) is 3.83. The van der Waals surface area contributed by atoms with Crippen molar-refractivity contribution in [2.45, 2.75) is 57.7 Å². The van der Waals surface area contributed by atoms with Crippen molar-refractivity contribution in [2.75, 3.05) is 13.1 Å². The Bertz CT molecular complexity index is 244. The minimum atomic E-state index is 0.258. The number of carbonyl (C=O) groups excluding carboxylic acids is 1. The van der Waals surface area contributed by atoms with Crippen molar-refractivity contribution >= 4 is 21.8 Å². The number of halogens is 1. The summed E-state index contributed by atoms with van der Waals surface area (Å²) < 4.78 is 0. The van der Waals surface area contributed by atoms with Gasteiger partial charge in [-0.3, -0.25) is 4.79 Å². The lowest BCUT2D eigenvalue weighted by atomic mass is 9.94. The van der Waals surface area contributed by atoms with Gasteiger partial charge in [-0.25, -0.2) is 0 Å². The van der Waals surface area contributed by atoms with E-state index in [1.54, 1.807) is 0 Å². The highest BCUT2D eigenvalue weighted by Gasteiger charge is 2.29. The zero-order valence-corrected chi connectivity index (χ0v) is 13.0. The summed E-state index contributed by atoms with van der Waals surface area (Å²) in [6.45, 7) is 8.42. The van der Waals surface area contributed by atoms with Gasteiger partial charge in [0.15, 0.2) is 0 Å². The Hall–Kier alpha value is -0.0500. The molecule has 3 unspecified atom stereocenters. The summed E-state index contributed by atoms with van der Waals surface area (Å²) in [7, 11) is 0. The summed E-state index contributed by atoms with van der Waals surface area (Å²) in [5.41, 5.74) is 0. The first-order valence-corrected chi connectivity index (χ1v) is 7.94. The number of hydrogen-bond donors (Lipinski definition) is 0. The maximum absolute atomic E-state index is 12.4. The fourth-order valence-corrected chi connectivity index (χ4v) is 2.90. The van der Waals surface area contributed by atoms with Gasteiger partial charge in [-0.15, -0.1) is 0 Å². The lowest BCUT2D eigenvalue weighted by Gasteiger charge is -2.36. The Morgan fingerprint density at radius 3 is 2.71 bits per heavy atom. The van der Waals surface area contributed by atoms with E-state index >= 15 is 0 Å². The largest absolute Gasteiger partial charge is 0.342 e. The molecule has 0 aromatic heterocycles. The normalized spacial score (nSPS) is 26.9. The van der Waals surface area contributed by atoms with E-state index in [1.807, 2.05) is 0 Å². The van der Waals surface area contributed by atoms with E-state index in [1.165, 1.54) is 12.8 Å². The van der Waals surface area contributed by atoms with Gasteiger partial charge in [0.05, 0.1) is 0 Å². The number of alkyl halides is 1. The van der Waals surface area contributed by atoms with Gasteiger partial charge in [-0.2, -0.15) is 0 Å². The van der Waals surface area contributed by atoms with Gasteiger partial charge in [0.1, 0.15) is 0 Å². The van der Waals surface area contributed by atoms with Crippen LogP contribution in [0, 0.1) is 11.8 Å². The van der Waals surface area contributed by atoms with Gasteiger partial charge in [0, 0.05) is 23.8 Å². The van der Waals surface area contributed by atoms with E-state index < -0.39 is 0 Å². The van der Waals surface area contributed by atoms with Crippen molar-refractivity contribution in [3.8, 4) is 0 Å². The number of nitrogens with zero attached hydrogens (tertiary/aromatic N) is 1. The molecule has 0 aromatic rings. The van der Waals surface area contributed by atoms with Crippen molar-refractivity contribution in [3.63, 3.8) is 0 Å². The Balaban J connectivity index is 2.50. The minimum Gasteiger partial charge on any atom is -0.342 e. The third kappa shape index (κ3) is 4.27. The maximum atomic E-state index is 12.4. The molecular weight excluding hydrogens is 278 g/mol. The van der Waals surface area contributed by atoms with Crippen LogP contribution in [0.1, 0.15) is 52.9 Å². The first-order valence-electron chi connectivity index (χ1n) is 7.02. The third-order valence-electron chi connectivity index (χ3n) is 3.86. The maximum Gasteiger partial charge on any atom is 0.225 e. The molecule has 1 saturated heterocycles. The third-order valence-corrected chi connectivity index (χ3v) is 5.22. The quantitative estimate of drug-likeness (QED) is 0.707. The monoisotopic (exact) mass is 303 g/mol. The number of likely N-dealkylation sites (tertiary alicyclic amines) is 1. The minimum absolute atomic E-state index is 0.258. The van der Waals surface area contributed by atoms with E-state index in [0.29, 0.717) is 16.7 Å². The summed E-state index contributed by atoms with van der Waals surface area (Å²) in [4.78, 5) is 15.1. The van der Waals surface area contributed by atoms with E-state index in [2.05, 4.69) is 41.6 Å². The van der Waals surface area contributed by atoms with Crippen LogP contribution in [-0.2, 0) is 4.79 Å². The Labute approximate surface area is 114 Å². The summed E-state index contributed by atoms with van der Waals surface area (Å²) in [6, 6.07) is 0. The van der Waals surface area contributed by atoms with Crippen molar-refractivity contribution in [1.29, 1.82) is 0 Å². The number of hydrogen-bond acceptors (Lipinski definition) is 1. The summed E-state index contributed by atoms with van der Waals surface area (Å²) in [5, 5.41) is 0. The van der Waals surface area contributed by atoms with Crippen LogP contribution in [0.15, 0.2) is 0 Å².